The molecule has 5 nitrogen and oxygen atoms in total. The molecule has 0 unspecified atom stereocenters. The number of rotatable bonds is 7. The lowest BCUT2D eigenvalue weighted by Gasteiger charge is -2.15. The highest BCUT2D eigenvalue weighted by Crippen LogP contribution is 2.27. The molecule has 26 heavy (non-hydrogen) atoms. The van der Waals surface area contributed by atoms with Crippen molar-refractivity contribution in [3.63, 3.8) is 0 Å². The molecule has 0 amide bonds. The number of aromatic nitrogens is 2. The van der Waals surface area contributed by atoms with Crippen LogP contribution >= 0.6 is 0 Å². The van der Waals surface area contributed by atoms with Crippen LogP contribution in [-0.2, 0) is 0 Å². The van der Waals surface area contributed by atoms with Crippen molar-refractivity contribution in [2.45, 2.75) is 19.8 Å². The van der Waals surface area contributed by atoms with Crippen LogP contribution in [0.15, 0.2) is 60.8 Å². The third-order valence-corrected chi connectivity index (χ3v) is 4.29. The van der Waals surface area contributed by atoms with Gasteiger partial charge in [-0.3, -0.25) is 0 Å². The number of hydrogen-bond acceptors (Lipinski definition) is 5. The number of nitrogen functional groups attached to an aromatic ring is 1. The molecule has 0 aliphatic rings. The minimum atomic E-state index is 0.145. The van der Waals surface area contributed by atoms with Gasteiger partial charge in [0.1, 0.15) is 18.2 Å². The summed E-state index contributed by atoms with van der Waals surface area (Å²) in [6.07, 6.45) is 1.80. The molecule has 0 bridgehead atoms. The van der Waals surface area contributed by atoms with Crippen molar-refractivity contribution >= 4 is 11.8 Å². The molecule has 0 spiro atoms. The highest BCUT2D eigenvalue weighted by molar-refractivity contribution is 5.48. The van der Waals surface area contributed by atoms with Gasteiger partial charge in [-0.25, -0.2) is 4.98 Å². The predicted molar refractivity (Wildman–Crippen MR) is 106 cm³/mol. The Morgan fingerprint density at radius 2 is 1.81 bits per heavy atom. The first kappa shape index (κ1) is 17.7. The van der Waals surface area contributed by atoms with Crippen LogP contribution in [0.3, 0.4) is 0 Å². The lowest BCUT2D eigenvalue weighted by atomic mass is 9.94. The van der Waals surface area contributed by atoms with Gasteiger partial charge in [0.25, 0.3) is 0 Å². The van der Waals surface area contributed by atoms with E-state index in [4.69, 9.17) is 10.5 Å². The minimum absolute atomic E-state index is 0.145. The summed E-state index contributed by atoms with van der Waals surface area (Å²) in [6, 6.07) is 18.1. The van der Waals surface area contributed by atoms with Crippen molar-refractivity contribution < 1.29 is 4.74 Å². The van der Waals surface area contributed by atoms with Gasteiger partial charge in [0.2, 0.25) is 5.95 Å². The summed E-state index contributed by atoms with van der Waals surface area (Å²) in [4.78, 5) is 8.77. The Hall–Kier alpha value is -3.08. The Kier molecular flexibility index (Phi) is 5.69. The summed E-state index contributed by atoms with van der Waals surface area (Å²) in [5.41, 5.74) is 9.53. The van der Waals surface area contributed by atoms with Gasteiger partial charge in [-0.2, -0.15) is 4.98 Å². The lowest BCUT2D eigenvalue weighted by molar-refractivity contribution is 0.332. The average molecular weight is 348 g/mol. The van der Waals surface area contributed by atoms with E-state index in [0.717, 1.165) is 11.3 Å². The molecule has 3 aromatic rings. The van der Waals surface area contributed by atoms with Crippen LogP contribution < -0.4 is 15.8 Å². The molecule has 5 heteroatoms. The molecular weight excluding hydrogens is 324 g/mol. The maximum atomic E-state index is 6.16. The van der Waals surface area contributed by atoms with Crippen LogP contribution in [0, 0.1) is 6.92 Å². The first-order valence-electron chi connectivity index (χ1n) is 8.74. The van der Waals surface area contributed by atoms with Gasteiger partial charge in [-0.15, -0.1) is 0 Å². The first-order valence-corrected chi connectivity index (χ1v) is 8.74. The SMILES string of the molecule is Cc1ccc([C@H](C)c2cnc(NCCOc3ccccc3)nc2N)cc1. The molecule has 0 radical (unpaired) electrons. The number of benzene rings is 2. The fourth-order valence-corrected chi connectivity index (χ4v) is 2.71. The van der Waals surface area contributed by atoms with E-state index >= 15 is 0 Å². The standard InChI is InChI=1S/C21H24N4O/c1-15-8-10-17(11-9-15)16(2)19-14-24-21(25-20(19)22)23-12-13-26-18-6-4-3-5-7-18/h3-11,14,16H,12-13H2,1-2H3,(H3,22,23,24,25)/t16-/m0/s1. The first-order chi connectivity index (χ1) is 12.6. The van der Waals surface area contributed by atoms with E-state index in [2.05, 4.69) is 53.4 Å². The van der Waals surface area contributed by atoms with E-state index in [9.17, 15) is 0 Å². The fourth-order valence-electron chi connectivity index (χ4n) is 2.71. The highest BCUT2D eigenvalue weighted by Gasteiger charge is 2.13. The molecule has 0 saturated carbocycles. The van der Waals surface area contributed by atoms with E-state index in [1.807, 2.05) is 30.3 Å². The average Bonchev–Trinajstić information content (AvgIpc) is 2.66. The van der Waals surface area contributed by atoms with Crippen LogP contribution in [0.1, 0.15) is 29.5 Å². The molecule has 3 rings (SSSR count). The number of nitrogens with one attached hydrogen (secondary N) is 1. The summed E-state index contributed by atoms with van der Waals surface area (Å²) in [6.45, 7) is 5.31. The largest absolute Gasteiger partial charge is 0.492 e. The van der Waals surface area contributed by atoms with Gasteiger partial charge in [0.05, 0.1) is 6.54 Å². The molecule has 0 saturated heterocycles. The Morgan fingerprint density at radius 3 is 2.50 bits per heavy atom. The molecule has 0 aliphatic heterocycles. The summed E-state index contributed by atoms with van der Waals surface area (Å²) in [5, 5.41) is 3.14. The van der Waals surface area contributed by atoms with E-state index in [1.54, 1.807) is 6.20 Å². The van der Waals surface area contributed by atoms with Crippen LogP contribution in [0.2, 0.25) is 0 Å². The molecular formula is C21H24N4O. The summed E-state index contributed by atoms with van der Waals surface area (Å²) >= 11 is 0. The molecule has 1 heterocycles. The van der Waals surface area contributed by atoms with Crippen molar-refractivity contribution in [3.05, 3.63) is 77.5 Å². The van der Waals surface area contributed by atoms with Gasteiger partial charge >= 0.3 is 0 Å². The summed E-state index contributed by atoms with van der Waals surface area (Å²) in [5.74, 6) is 2.00. The normalized spacial score (nSPS) is 11.8. The van der Waals surface area contributed by atoms with Crippen LogP contribution in [-0.4, -0.2) is 23.1 Å². The zero-order chi connectivity index (χ0) is 18.4. The van der Waals surface area contributed by atoms with Crippen molar-refractivity contribution in [2.75, 3.05) is 24.2 Å². The van der Waals surface area contributed by atoms with Crippen LogP contribution in [0.25, 0.3) is 0 Å². The van der Waals surface area contributed by atoms with E-state index < -0.39 is 0 Å². The number of hydrogen-bond donors (Lipinski definition) is 2. The van der Waals surface area contributed by atoms with E-state index in [1.165, 1.54) is 11.1 Å². The number of nitrogens with two attached hydrogens (primary N) is 1. The van der Waals surface area contributed by atoms with Gasteiger partial charge in [-0.05, 0) is 24.6 Å². The lowest BCUT2D eigenvalue weighted by Crippen LogP contribution is -2.14. The maximum Gasteiger partial charge on any atom is 0.224 e. The second-order valence-electron chi connectivity index (χ2n) is 6.25. The quantitative estimate of drug-likeness (QED) is 0.631. The molecule has 1 atom stereocenters. The van der Waals surface area contributed by atoms with Gasteiger partial charge in [0.15, 0.2) is 0 Å². The Balaban J connectivity index is 1.57. The fraction of sp³-hybridized carbons (Fsp3) is 0.238. The third kappa shape index (κ3) is 4.51. The third-order valence-electron chi connectivity index (χ3n) is 4.29. The summed E-state index contributed by atoms with van der Waals surface area (Å²) in [7, 11) is 0. The second-order valence-corrected chi connectivity index (χ2v) is 6.25. The number of para-hydroxylation sites is 1. The summed E-state index contributed by atoms with van der Waals surface area (Å²) < 4.78 is 5.64. The zero-order valence-electron chi connectivity index (χ0n) is 15.1. The Bertz CT molecular complexity index is 834. The van der Waals surface area contributed by atoms with Crippen molar-refractivity contribution in [1.29, 1.82) is 0 Å². The molecule has 134 valence electrons. The van der Waals surface area contributed by atoms with E-state index in [-0.39, 0.29) is 5.92 Å². The van der Waals surface area contributed by atoms with Gasteiger partial charge in [-0.1, -0.05) is 55.0 Å². The molecule has 2 aromatic carbocycles. The number of nitrogens with zero attached hydrogens (tertiary/aromatic N) is 2. The van der Waals surface area contributed by atoms with Crippen LogP contribution in [0.4, 0.5) is 11.8 Å². The highest BCUT2D eigenvalue weighted by atomic mass is 16.5. The van der Waals surface area contributed by atoms with Crippen molar-refractivity contribution in [2.24, 2.45) is 0 Å². The number of ether oxygens (including phenoxy) is 1. The smallest absolute Gasteiger partial charge is 0.224 e. The molecule has 3 N–H and O–H groups in total. The second kappa shape index (κ2) is 8.34. The van der Waals surface area contributed by atoms with Crippen molar-refractivity contribution in [3.8, 4) is 5.75 Å². The molecule has 0 aliphatic carbocycles. The Labute approximate surface area is 154 Å². The molecule has 0 fully saturated rings. The zero-order valence-corrected chi connectivity index (χ0v) is 15.1. The Morgan fingerprint density at radius 1 is 1.08 bits per heavy atom. The number of aryl methyl sites for hydroxylation is 1. The van der Waals surface area contributed by atoms with Crippen LogP contribution in [0.5, 0.6) is 5.75 Å². The number of anilines is 2. The molecule has 1 aromatic heterocycles. The van der Waals surface area contributed by atoms with E-state index in [0.29, 0.717) is 24.9 Å². The topological polar surface area (TPSA) is 73.1 Å². The predicted octanol–water partition coefficient (Wildman–Crippen LogP) is 4.01. The van der Waals surface area contributed by atoms with Crippen molar-refractivity contribution in [1.82, 2.24) is 9.97 Å². The maximum absolute atomic E-state index is 6.16. The van der Waals surface area contributed by atoms with Gasteiger partial charge < -0.3 is 15.8 Å². The minimum Gasteiger partial charge on any atom is -0.492 e. The van der Waals surface area contributed by atoms with Gasteiger partial charge in [0, 0.05) is 17.7 Å². The monoisotopic (exact) mass is 348 g/mol.